The molecule has 1 aromatic heterocycles. The molecule has 138 valence electrons. The fourth-order valence-electron chi connectivity index (χ4n) is 3.44. The smallest absolute Gasteiger partial charge is 0.303 e. The lowest BCUT2D eigenvalue weighted by atomic mass is 10.1. The summed E-state index contributed by atoms with van der Waals surface area (Å²) >= 11 is 0. The third-order valence-electron chi connectivity index (χ3n) is 4.75. The Hall–Kier alpha value is -2.63. The zero-order chi connectivity index (χ0) is 18.4. The maximum atomic E-state index is 12.6. The lowest BCUT2D eigenvalue weighted by molar-refractivity contribution is -0.137. The van der Waals surface area contributed by atoms with Crippen LogP contribution in [0.5, 0.6) is 0 Å². The first-order chi connectivity index (χ1) is 12.7. The van der Waals surface area contributed by atoms with Crippen LogP contribution in [0.1, 0.15) is 60.3 Å². The Kier molecular flexibility index (Phi) is 6.04. The van der Waals surface area contributed by atoms with Crippen molar-refractivity contribution in [2.24, 2.45) is 0 Å². The first-order valence-electron chi connectivity index (χ1n) is 9.33. The summed E-state index contributed by atoms with van der Waals surface area (Å²) in [6.07, 6.45) is 6.48. The normalized spacial score (nSPS) is 12.8. The van der Waals surface area contributed by atoms with Crippen molar-refractivity contribution in [2.45, 2.75) is 51.4 Å². The molecule has 6 nitrogen and oxygen atoms in total. The van der Waals surface area contributed by atoms with Crippen LogP contribution in [-0.2, 0) is 17.6 Å². The van der Waals surface area contributed by atoms with Crippen LogP contribution in [0.15, 0.2) is 30.3 Å². The van der Waals surface area contributed by atoms with Crippen molar-refractivity contribution in [3.05, 3.63) is 47.3 Å². The minimum atomic E-state index is -0.749. The van der Waals surface area contributed by atoms with E-state index < -0.39 is 5.97 Å². The summed E-state index contributed by atoms with van der Waals surface area (Å²) in [5, 5.41) is 16.2. The summed E-state index contributed by atoms with van der Waals surface area (Å²) in [7, 11) is 0. The second kappa shape index (κ2) is 8.65. The number of fused-ring (bicyclic) bond motifs is 1. The van der Waals surface area contributed by atoms with Gasteiger partial charge in [0.25, 0.3) is 5.91 Å². The van der Waals surface area contributed by atoms with Gasteiger partial charge in [0.05, 0.1) is 5.69 Å². The first-order valence-corrected chi connectivity index (χ1v) is 9.33. The number of para-hydroxylation sites is 1. The molecule has 0 aliphatic heterocycles. The Morgan fingerprint density at radius 3 is 2.62 bits per heavy atom. The molecular weight excluding hydrogens is 330 g/mol. The van der Waals surface area contributed by atoms with E-state index in [1.165, 1.54) is 0 Å². The Balaban J connectivity index is 1.56. The molecule has 3 rings (SSSR count). The number of unbranched alkanes of at least 4 members (excludes halogenated alkanes) is 3. The Bertz CT molecular complexity index is 768. The van der Waals surface area contributed by atoms with E-state index in [0.717, 1.165) is 55.5 Å². The van der Waals surface area contributed by atoms with Crippen molar-refractivity contribution >= 4 is 11.9 Å². The Labute approximate surface area is 153 Å². The number of nitrogens with one attached hydrogen (secondary N) is 1. The van der Waals surface area contributed by atoms with Gasteiger partial charge in [-0.3, -0.25) is 9.59 Å². The number of hydrogen-bond acceptors (Lipinski definition) is 3. The van der Waals surface area contributed by atoms with Gasteiger partial charge in [-0.2, -0.15) is 5.10 Å². The van der Waals surface area contributed by atoms with E-state index in [9.17, 15) is 9.59 Å². The van der Waals surface area contributed by atoms with E-state index in [1.54, 1.807) is 0 Å². The molecule has 0 radical (unpaired) electrons. The van der Waals surface area contributed by atoms with Gasteiger partial charge in [-0.15, -0.1) is 0 Å². The maximum absolute atomic E-state index is 12.6. The summed E-state index contributed by atoms with van der Waals surface area (Å²) < 4.78 is 1.91. The number of aromatic nitrogens is 2. The first kappa shape index (κ1) is 18.2. The van der Waals surface area contributed by atoms with Crippen LogP contribution in [0.3, 0.4) is 0 Å². The number of carbonyl (C=O) groups excluding carboxylic acids is 1. The van der Waals surface area contributed by atoms with Crippen LogP contribution in [0, 0.1) is 0 Å². The Morgan fingerprint density at radius 1 is 1.08 bits per heavy atom. The number of carboxylic acid groups (broad SMARTS) is 1. The van der Waals surface area contributed by atoms with Gasteiger partial charge in [-0.05, 0) is 44.2 Å². The molecule has 1 aliphatic rings. The van der Waals surface area contributed by atoms with Crippen molar-refractivity contribution in [3.8, 4) is 5.69 Å². The molecule has 0 atom stereocenters. The number of amides is 1. The summed E-state index contributed by atoms with van der Waals surface area (Å²) in [4.78, 5) is 23.0. The van der Waals surface area contributed by atoms with Gasteiger partial charge in [-0.25, -0.2) is 4.68 Å². The SMILES string of the molecule is O=C(O)CCCCCCNC(=O)c1nn(-c2ccccc2)c2c1CCC2. The van der Waals surface area contributed by atoms with Crippen molar-refractivity contribution < 1.29 is 14.7 Å². The highest BCUT2D eigenvalue weighted by molar-refractivity contribution is 5.94. The molecule has 1 aliphatic carbocycles. The Morgan fingerprint density at radius 2 is 1.85 bits per heavy atom. The highest BCUT2D eigenvalue weighted by atomic mass is 16.4. The van der Waals surface area contributed by atoms with Crippen LogP contribution < -0.4 is 5.32 Å². The summed E-state index contributed by atoms with van der Waals surface area (Å²) in [5.74, 6) is -0.857. The second-order valence-electron chi connectivity index (χ2n) is 6.69. The van der Waals surface area contributed by atoms with Crippen LogP contribution in [-0.4, -0.2) is 33.3 Å². The predicted molar refractivity (Wildman–Crippen MR) is 98.6 cm³/mol. The minimum Gasteiger partial charge on any atom is -0.481 e. The number of hydrogen-bond donors (Lipinski definition) is 2. The quantitative estimate of drug-likeness (QED) is 0.677. The summed E-state index contributed by atoms with van der Waals surface area (Å²) in [6.45, 7) is 0.596. The van der Waals surface area contributed by atoms with Crippen LogP contribution in [0.4, 0.5) is 0 Å². The number of benzene rings is 1. The van der Waals surface area contributed by atoms with E-state index in [1.807, 2.05) is 35.0 Å². The van der Waals surface area contributed by atoms with E-state index >= 15 is 0 Å². The molecule has 1 amide bonds. The molecule has 6 heteroatoms. The standard InChI is InChI=1S/C20H25N3O3/c24-18(25)13-6-1-2-7-14-21-20(26)19-16-11-8-12-17(16)23(22-19)15-9-4-3-5-10-15/h3-5,9-10H,1-2,6-8,11-14H2,(H,21,26)(H,24,25). The van der Waals surface area contributed by atoms with Gasteiger partial charge >= 0.3 is 5.97 Å². The third kappa shape index (κ3) is 4.31. The lowest BCUT2D eigenvalue weighted by Crippen LogP contribution is -2.26. The van der Waals surface area contributed by atoms with Gasteiger partial charge in [-0.1, -0.05) is 31.0 Å². The number of carboxylic acids is 1. The van der Waals surface area contributed by atoms with E-state index in [4.69, 9.17) is 5.11 Å². The second-order valence-corrected chi connectivity index (χ2v) is 6.69. The molecule has 0 unspecified atom stereocenters. The fourth-order valence-corrected chi connectivity index (χ4v) is 3.44. The summed E-state index contributed by atoms with van der Waals surface area (Å²) in [5.41, 5.74) is 3.76. The zero-order valence-electron chi connectivity index (χ0n) is 14.9. The summed E-state index contributed by atoms with van der Waals surface area (Å²) in [6, 6.07) is 9.93. The minimum absolute atomic E-state index is 0.108. The monoisotopic (exact) mass is 355 g/mol. The molecule has 2 N–H and O–H groups in total. The van der Waals surface area contributed by atoms with E-state index in [2.05, 4.69) is 10.4 Å². The van der Waals surface area contributed by atoms with E-state index in [-0.39, 0.29) is 12.3 Å². The number of nitrogens with zero attached hydrogens (tertiary/aromatic N) is 2. The topological polar surface area (TPSA) is 84.2 Å². The lowest BCUT2D eigenvalue weighted by Gasteiger charge is -2.05. The molecule has 1 aromatic carbocycles. The highest BCUT2D eigenvalue weighted by Crippen LogP contribution is 2.27. The average molecular weight is 355 g/mol. The van der Waals surface area contributed by atoms with Crippen LogP contribution in [0.25, 0.3) is 5.69 Å². The molecule has 0 saturated carbocycles. The third-order valence-corrected chi connectivity index (χ3v) is 4.75. The fraction of sp³-hybridized carbons (Fsp3) is 0.450. The molecule has 0 saturated heterocycles. The molecule has 0 bridgehead atoms. The zero-order valence-corrected chi connectivity index (χ0v) is 14.9. The van der Waals surface area contributed by atoms with Crippen molar-refractivity contribution in [3.63, 3.8) is 0 Å². The predicted octanol–water partition coefficient (Wildman–Crippen LogP) is 3.13. The maximum Gasteiger partial charge on any atom is 0.303 e. The van der Waals surface area contributed by atoms with E-state index in [0.29, 0.717) is 18.7 Å². The van der Waals surface area contributed by atoms with Crippen LogP contribution >= 0.6 is 0 Å². The van der Waals surface area contributed by atoms with Gasteiger partial charge in [0, 0.05) is 24.2 Å². The highest BCUT2D eigenvalue weighted by Gasteiger charge is 2.26. The molecule has 0 spiro atoms. The van der Waals surface area contributed by atoms with Gasteiger partial charge in [0.2, 0.25) is 0 Å². The van der Waals surface area contributed by atoms with Gasteiger partial charge in [0.15, 0.2) is 5.69 Å². The van der Waals surface area contributed by atoms with Crippen LogP contribution in [0.2, 0.25) is 0 Å². The largest absolute Gasteiger partial charge is 0.481 e. The van der Waals surface area contributed by atoms with Gasteiger partial charge < -0.3 is 10.4 Å². The molecule has 2 aromatic rings. The molecule has 1 heterocycles. The molecule has 0 fully saturated rings. The number of aliphatic carboxylic acids is 1. The number of rotatable bonds is 9. The number of carbonyl (C=O) groups is 2. The molecular formula is C20H25N3O3. The van der Waals surface area contributed by atoms with Crippen molar-refractivity contribution in [1.29, 1.82) is 0 Å². The average Bonchev–Trinajstić information content (AvgIpc) is 3.23. The van der Waals surface area contributed by atoms with Crippen molar-refractivity contribution in [2.75, 3.05) is 6.54 Å². The molecule has 26 heavy (non-hydrogen) atoms. The van der Waals surface area contributed by atoms with Gasteiger partial charge in [0.1, 0.15) is 0 Å². The van der Waals surface area contributed by atoms with Crippen molar-refractivity contribution in [1.82, 2.24) is 15.1 Å².